The third-order valence-electron chi connectivity index (χ3n) is 3.30. The summed E-state index contributed by atoms with van der Waals surface area (Å²) in [6.07, 6.45) is 1.77. The molecule has 0 aliphatic carbocycles. The molecule has 3 rings (SSSR count). The molecule has 0 unspecified atom stereocenters. The fraction of sp³-hybridized carbons (Fsp3) is 0.143. The van der Waals surface area contributed by atoms with Crippen LogP contribution in [0.15, 0.2) is 36.5 Å². The first-order valence-corrected chi connectivity index (χ1v) is 6.12. The number of hydrogen-bond donors (Lipinski definition) is 0. The van der Waals surface area contributed by atoms with Crippen molar-refractivity contribution in [3.05, 3.63) is 52.9 Å². The van der Waals surface area contributed by atoms with E-state index in [0.29, 0.717) is 5.15 Å². The van der Waals surface area contributed by atoms with Crippen LogP contribution >= 0.6 is 11.6 Å². The molecule has 4 heteroatoms. The second kappa shape index (κ2) is 4.10. The van der Waals surface area contributed by atoms with Crippen LogP contribution < -0.4 is 0 Å². The third-order valence-corrected chi connectivity index (χ3v) is 3.56. The highest BCUT2D eigenvalue weighted by atomic mass is 35.5. The van der Waals surface area contributed by atoms with Gasteiger partial charge in [0, 0.05) is 16.8 Å². The molecule has 90 valence electrons. The van der Waals surface area contributed by atoms with E-state index in [9.17, 15) is 0 Å². The number of hydrogen-bond acceptors (Lipinski definition) is 2. The van der Waals surface area contributed by atoms with E-state index in [1.165, 1.54) is 5.56 Å². The van der Waals surface area contributed by atoms with Crippen molar-refractivity contribution in [3.63, 3.8) is 0 Å². The number of aryl methyl sites for hydroxylation is 1. The first-order valence-electron chi connectivity index (χ1n) is 5.74. The highest BCUT2D eigenvalue weighted by Gasteiger charge is 2.15. The maximum Gasteiger partial charge on any atom is 0.176 e. The molecule has 0 radical (unpaired) electrons. The molecule has 2 heterocycles. The molecule has 0 aliphatic heterocycles. The van der Waals surface area contributed by atoms with Crippen molar-refractivity contribution in [2.75, 3.05) is 0 Å². The predicted octanol–water partition coefficient (Wildman–Crippen LogP) is 3.69. The van der Waals surface area contributed by atoms with Crippen molar-refractivity contribution in [1.82, 2.24) is 14.8 Å². The lowest BCUT2D eigenvalue weighted by Gasteiger charge is -2.08. The van der Waals surface area contributed by atoms with Gasteiger partial charge in [-0.2, -0.15) is 5.10 Å². The Morgan fingerprint density at radius 1 is 1.11 bits per heavy atom. The van der Waals surface area contributed by atoms with E-state index in [4.69, 9.17) is 11.6 Å². The molecule has 18 heavy (non-hydrogen) atoms. The highest BCUT2D eigenvalue weighted by Crippen LogP contribution is 2.31. The minimum Gasteiger partial charge on any atom is -0.311 e. The van der Waals surface area contributed by atoms with E-state index in [1.54, 1.807) is 6.20 Å². The zero-order chi connectivity index (χ0) is 12.7. The molecular weight excluding hydrogens is 246 g/mol. The van der Waals surface area contributed by atoms with Crippen LogP contribution in [0.1, 0.15) is 11.3 Å². The van der Waals surface area contributed by atoms with Crippen molar-refractivity contribution >= 4 is 22.5 Å². The number of para-hydroxylation sites is 1. The fourth-order valence-electron chi connectivity index (χ4n) is 2.27. The Morgan fingerprint density at radius 3 is 2.56 bits per heavy atom. The Balaban J connectivity index is 2.46. The summed E-state index contributed by atoms with van der Waals surface area (Å²) < 4.78 is 2.13. The second-order valence-electron chi connectivity index (χ2n) is 4.28. The molecule has 0 saturated carbocycles. The molecule has 0 atom stereocenters. The van der Waals surface area contributed by atoms with Crippen LogP contribution in [0.5, 0.6) is 0 Å². The van der Waals surface area contributed by atoms with E-state index in [2.05, 4.69) is 40.7 Å². The smallest absolute Gasteiger partial charge is 0.176 e. The lowest BCUT2D eigenvalue weighted by molar-refractivity contribution is 1.01. The van der Waals surface area contributed by atoms with Crippen molar-refractivity contribution in [2.45, 2.75) is 13.8 Å². The largest absolute Gasteiger partial charge is 0.311 e. The summed E-state index contributed by atoms with van der Waals surface area (Å²) in [5.41, 5.74) is 4.36. The molecule has 0 spiro atoms. The number of fused-ring (bicyclic) bond motifs is 1. The second-order valence-corrected chi connectivity index (χ2v) is 4.64. The summed E-state index contributed by atoms with van der Waals surface area (Å²) in [6, 6.07) is 10.1. The zero-order valence-corrected chi connectivity index (χ0v) is 10.9. The summed E-state index contributed by atoms with van der Waals surface area (Å²) in [5, 5.41) is 9.36. The molecule has 0 bridgehead atoms. The van der Waals surface area contributed by atoms with Crippen molar-refractivity contribution in [2.24, 2.45) is 0 Å². The molecule has 0 fully saturated rings. The fourth-order valence-corrected chi connectivity index (χ4v) is 2.50. The van der Waals surface area contributed by atoms with Gasteiger partial charge in [0.05, 0.1) is 11.7 Å². The average molecular weight is 258 g/mol. The van der Waals surface area contributed by atoms with Crippen LogP contribution in [0.4, 0.5) is 0 Å². The number of benzene rings is 1. The first-order chi connectivity index (χ1) is 8.70. The summed E-state index contributed by atoms with van der Waals surface area (Å²) in [5.74, 6) is 0. The van der Waals surface area contributed by atoms with Gasteiger partial charge in [-0.05, 0) is 31.5 Å². The Labute approximate surface area is 110 Å². The molecule has 2 aromatic heterocycles. The monoisotopic (exact) mass is 257 g/mol. The maximum absolute atomic E-state index is 6.20. The quantitative estimate of drug-likeness (QED) is 0.666. The molecule has 0 amide bonds. The highest BCUT2D eigenvalue weighted by molar-refractivity contribution is 6.34. The lowest BCUT2D eigenvalue weighted by atomic mass is 10.2. The van der Waals surface area contributed by atoms with Crippen LogP contribution in [0, 0.1) is 13.8 Å². The first kappa shape index (κ1) is 11.2. The van der Waals surface area contributed by atoms with Gasteiger partial charge >= 0.3 is 0 Å². The molecule has 3 aromatic rings. The molecule has 0 aliphatic rings. The van der Waals surface area contributed by atoms with Gasteiger partial charge in [-0.25, -0.2) is 0 Å². The Kier molecular flexibility index (Phi) is 2.56. The Hall–Kier alpha value is -1.87. The molecule has 0 N–H and O–H groups in total. The zero-order valence-electron chi connectivity index (χ0n) is 10.2. The minimum atomic E-state index is 0.438. The van der Waals surface area contributed by atoms with Crippen LogP contribution in [-0.4, -0.2) is 14.8 Å². The molecular formula is C14H12ClN3. The summed E-state index contributed by atoms with van der Waals surface area (Å²) in [4.78, 5) is 0. The van der Waals surface area contributed by atoms with Gasteiger partial charge in [0.1, 0.15) is 0 Å². The van der Waals surface area contributed by atoms with Crippen LogP contribution in [0.2, 0.25) is 5.15 Å². The topological polar surface area (TPSA) is 30.7 Å². The SMILES string of the molecule is Cc1c(C)n(-c2ccccc2)c2c(Cl)nncc12. The number of halogens is 1. The minimum absolute atomic E-state index is 0.438. The van der Waals surface area contributed by atoms with E-state index >= 15 is 0 Å². The number of rotatable bonds is 1. The predicted molar refractivity (Wildman–Crippen MR) is 73.3 cm³/mol. The van der Waals surface area contributed by atoms with E-state index in [-0.39, 0.29) is 0 Å². The number of aromatic nitrogens is 3. The van der Waals surface area contributed by atoms with Gasteiger partial charge in [-0.3, -0.25) is 0 Å². The van der Waals surface area contributed by atoms with Crippen LogP contribution in [0.3, 0.4) is 0 Å². The van der Waals surface area contributed by atoms with Crippen molar-refractivity contribution in [1.29, 1.82) is 0 Å². The van der Waals surface area contributed by atoms with E-state index in [0.717, 1.165) is 22.3 Å². The van der Waals surface area contributed by atoms with Gasteiger partial charge in [0.25, 0.3) is 0 Å². The Morgan fingerprint density at radius 2 is 1.83 bits per heavy atom. The number of nitrogens with zero attached hydrogens (tertiary/aromatic N) is 3. The van der Waals surface area contributed by atoms with Gasteiger partial charge in [0.2, 0.25) is 0 Å². The van der Waals surface area contributed by atoms with Gasteiger partial charge in [-0.1, -0.05) is 29.8 Å². The standard InChI is InChI=1S/C14H12ClN3/c1-9-10(2)18(11-6-4-3-5-7-11)13-12(9)8-16-17-14(13)15/h3-8H,1-2H3. The van der Waals surface area contributed by atoms with Crippen molar-refractivity contribution < 1.29 is 0 Å². The summed E-state index contributed by atoms with van der Waals surface area (Å²) in [7, 11) is 0. The van der Waals surface area contributed by atoms with E-state index in [1.807, 2.05) is 18.2 Å². The Bertz CT molecular complexity index is 717. The lowest BCUT2D eigenvalue weighted by Crippen LogP contribution is -1.97. The van der Waals surface area contributed by atoms with Gasteiger partial charge < -0.3 is 4.57 Å². The van der Waals surface area contributed by atoms with Crippen LogP contribution in [0.25, 0.3) is 16.6 Å². The van der Waals surface area contributed by atoms with Gasteiger partial charge in [0.15, 0.2) is 5.15 Å². The third kappa shape index (κ3) is 1.51. The molecule has 0 saturated heterocycles. The summed E-state index contributed by atoms with van der Waals surface area (Å²) >= 11 is 6.20. The maximum atomic E-state index is 6.20. The molecule has 3 nitrogen and oxygen atoms in total. The average Bonchev–Trinajstić information content (AvgIpc) is 2.65. The van der Waals surface area contributed by atoms with Crippen molar-refractivity contribution in [3.8, 4) is 5.69 Å². The summed E-state index contributed by atoms with van der Waals surface area (Å²) in [6.45, 7) is 4.16. The normalized spacial score (nSPS) is 11.1. The molecule has 1 aromatic carbocycles. The van der Waals surface area contributed by atoms with Crippen LogP contribution in [-0.2, 0) is 0 Å². The van der Waals surface area contributed by atoms with Gasteiger partial charge in [-0.15, -0.1) is 5.10 Å². The van der Waals surface area contributed by atoms with E-state index < -0.39 is 0 Å².